The molecule has 4 aromatic heterocycles. The summed E-state index contributed by atoms with van der Waals surface area (Å²) in [6.07, 6.45) is 11.0. The second-order valence-electron chi connectivity index (χ2n) is 8.57. The Morgan fingerprint density at radius 3 is 2.75 bits per heavy atom. The zero-order chi connectivity index (χ0) is 21.9. The van der Waals surface area contributed by atoms with Gasteiger partial charge in [0.2, 0.25) is 5.95 Å². The van der Waals surface area contributed by atoms with E-state index in [0.717, 1.165) is 65.3 Å². The van der Waals surface area contributed by atoms with Crippen LogP contribution in [0.15, 0.2) is 47.0 Å². The number of pyridine rings is 1. The highest BCUT2D eigenvalue weighted by Gasteiger charge is 2.48. The Morgan fingerprint density at radius 2 is 1.94 bits per heavy atom. The van der Waals surface area contributed by atoms with Crippen LogP contribution in [0.4, 0.5) is 11.8 Å². The molecule has 10 nitrogen and oxygen atoms in total. The lowest BCUT2D eigenvalue weighted by Gasteiger charge is -2.41. The maximum absolute atomic E-state index is 6.59. The van der Waals surface area contributed by atoms with E-state index in [1.165, 1.54) is 0 Å². The highest BCUT2D eigenvalue weighted by Crippen LogP contribution is 2.47. The van der Waals surface area contributed by atoms with E-state index in [1.807, 2.05) is 36.3 Å². The zero-order valence-corrected chi connectivity index (χ0v) is 18.5. The first kappa shape index (κ1) is 19.5. The largest absolute Gasteiger partial charge is 0.383 e. The third-order valence-corrected chi connectivity index (χ3v) is 8.05. The summed E-state index contributed by atoms with van der Waals surface area (Å²) < 4.78 is 4.04. The highest BCUT2D eigenvalue weighted by atomic mass is 32.2. The van der Waals surface area contributed by atoms with Gasteiger partial charge in [-0.2, -0.15) is 5.10 Å². The summed E-state index contributed by atoms with van der Waals surface area (Å²) in [4.78, 5) is 22.3. The van der Waals surface area contributed by atoms with Crippen molar-refractivity contribution in [3.63, 3.8) is 0 Å². The molecule has 1 fully saturated rings. The molecule has 164 valence electrons. The molecule has 4 aromatic rings. The van der Waals surface area contributed by atoms with Gasteiger partial charge in [-0.1, -0.05) is 11.8 Å². The van der Waals surface area contributed by atoms with Gasteiger partial charge in [0.25, 0.3) is 0 Å². The van der Waals surface area contributed by atoms with Crippen molar-refractivity contribution < 1.29 is 0 Å². The van der Waals surface area contributed by atoms with Crippen LogP contribution in [0.25, 0.3) is 5.65 Å². The van der Waals surface area contributed by atoms with Crippen molar-refractivity contribution in [1.82, 2.24) is 34.1 Å². The van der Waals surface area contributed by atoms with Gasteiger partial charge in [0.1, 0.15) is 18.0 Å². The molecule has 4 N–H and O–H groups in total. The SMILES string of the molecule is Cc1c(Sc2cnc(N3CCC4(CC3)Cn3ncnc3[C@H]4N)n3ccnc23)ccnc1N. The molecule has 1 atom stereocenters. The van der Waals surface area contributed by atoms with Crippen LogP contribution in [0, 0.1) is 12.3 Å². The van der Waals surface area contributed by atoms with Crippen LogP contribution < -0.4 is 16.4 Å². The van der Waals surface area contributed by atoms with Gasteiger partial charge >= 0.3 is 0 Å². The Morgan fingerprint density at radius 1 is 1.09 bits per heavy atom. The maximum atomic E-state index is 6.59. The Hall–Kier alpha value is -3.18. The quantitative estimate of drug-likeness (QED) is 0.484. The fourth-order valence-electron chi connectivity index (χ4n) is 4.88. The summed E-state index contributed by atoms with van der Waals surface area (Å²) in [6, 6.07) is 1.90. The van der Waals surface area contributed by atoms with E-state index in [9.17, 15) is 0 Å². The molecular formula is C21H24N10S. The number of fused-ring (bicyclic) bond motifs is 2. The fraction of sp³-hybridized carbons (Fsp3) is 0.381. The Labute approximate surface area is 189 Å². The van der Waals surface area contributed by atoms with Gasteiger partial charge in [0.15, 0.2) is 5.65 Å². The molecule has 0 unspecified atom stereocenters. The molecule has 2 aliphatic heterocycles. The Bertz CT molecular complexity index is 1300. The zero-order valence-electron chi connectivity index (χ0n) is 17.7. The molecule has 0 aromatic carbocycles. The van der Waals surface area contributed by atoms with Gasteiger partial charge in [0.05, 0.1) is 17.5 Å². The molecule has 1 spiro atoms. The minimum absolute atomic E-state index is 0.0236. The summed E-state index contributed by atoms with van der Waals surface area (Å²) in [5.41, 5.74) is 14.4. The van der Waals surface area contributed by atoms with E-state index in [-0.39, 0.29) is 11.5 Å². The van der Waals surface area contributed by atoms with Crippen molar-refractivity contribution in [2.45, 2.75) is 42.1 Å². The minimum Gasteiger partial charge on any atom is -0.383 e. The van der Waals surface area contributed by atoms with Crippen molar-refractivity contribution in [1.29, 1.82) is 0 Å². The van der Waals surface area contributed by atoms with Gasteiger partial charge in [0, 0.05) is 53.8 Å². The van der Waals surface area contributed by atoms with Gasteiger partial charge in [-0.25, -0.2) is 24.6 Å². The fourth-order valence-corrected chi connectivity index (χ4v) is 5.85. The molecule has 6 heterocycles. The van der Waals surface area contributed by atoms with Crippen molar-refractivity contribution in [2.75, 3.05) is 23.7 Å². The van der Waals surface area contributed by atoms with Crippen molar-refractivity contribution in [3.05, 3.63) is 48.6 Å². The number of imidazole rings is 1. The van der Waals surface area contributed by atoms with E-state index in [0.29, 0.717) is 5.82 Å². The van der Waals surface area contributed by atoms with Gasteiger partial charge in [-0.05, 0) is 25.8 Å². The highest BCUT2D eigenvalue weighted by molar-refractivity contribution is 7.99. The van der Waals surface area contributed by atoms with E-state index in [4.69, 9.17) is 16.5 Å². The van der Waals surface area contributed by atoms with Gasteiger partial charge in [-0.3, -0.25) is 4.40 Å². The van der Waals surface area contributed by atoms with Crippen molar-refractivity contribution >= 4 is 29.2 Å². The van der Waals surface area contributed by atoms with Crippen LogP contribution in [0.1, 0.15) is 30.3 Å². The molecule has 0 saturated carbocycles. The van der Waals surface area contributed by atoms with Crippen molar-refractivity contribution in [3.8, 4) is 0 Å². The number of hydrogen-bond acceptors (Lipinski definition) is 9. The third kappa shape index (κ3) is 2.88. The van der Waals surface area contributed by atoms with Crippen LogP contribution in [-0.4, -0.2) is 47.2 Å². The molecule has 0 amide bonds. The molecule has 6 rings (SSSR count). The Kier molecular flexibility index (Phi) is 4.37. The normalized spacial score (nSPS) is 19.7. The van der Waals surface area contributed by atoms with E-state index >= 15 is 0 Å². The molecule has 2 aliphatic rings. The molecule has 0 aliphatic carbocycles. The average molecular weight is 449 g/mol. The second-order valence-corrected chi connectivity index (χ2v) is 9.65. The van der Waals surface area contributed by atoms with Crippen LogP contribution in [-0.2, 0) is 6.54 Å². The minimum atomic E-state index is -0.0665. The van der Waals surface area contributed by atoms with Crippen LogP contribution >= 0.6 is 11.8 Å². The summed E-state index contributed by atoms with van der Waals surface area (Å²) in [5, 5.41) is 4.34. The number of piperidine rings is 1. The number of nitrogens with zero attached hydrogens (tertiary/aromatic N) is 8. The molecule has 11 heteroatoms. The first-order chi connectivity index (χ1) is 15.6. The van der Waals surface area contributed by atoms with Crippen LogP contribution in [0.2, 0.25) is 0 Å². The topological polar surface area (TPSA) is 129 Å². The van der Waals surface area contributed by atoms with E-state index in [2.05, 4.69) is 29.4 Å². The van der Waals surface area contributed by atoms with Crippen molar-refractivity contribution in [2.24, 2.45) is 11.1 Å². The molecule has 1 saturated heterocycles. The lowest BCUT2D eigenvalue weighted by molar-refractivity contribution is 0.168. The van der Waals surface area contributed by atoms with E-state index in [1.54, 1.807) is 24.3 Å². The molecular weight excluding hydrogens is 424 g/mol. The predicted octanol–water partition coefficient (Wildman–Crippen LogP) is 2.06. The summed E-state index contributed by atoms with van der Waals surface area (Å²) in [7, 11) is 0. The third-order valence-electron chi connectivity index (χ3n) is 6.88. The Balaban J connectivity index is 1.26. The van der Waals surface area contributed by atoms with Crippen LogP contribution in [0.5, 0.6) is 0 Å². The first-order valence-electron chi connectivity index (χ1n) is 10.6. The molecule has 0 bridgehead atoms. The smallest absolute Gasteiger partial charge is 0.211 e. The lowest BCUT2D eigenvalue weighted by atomic mass is 9.74. The maximum Gasteiger partial charge on any atom is 0.211 e. The van der Waals surface area contributed by atoms with Gasteiger partial charge < -0.3 is 16.4 Å². The average Bonchev–Trinajstić information content (AvgIpc) is 3.51. The monoisotopic (exact) mass is 448 g/mol. The summed E-state index contributed by atoms with van der Waals surface area (Å²) in [6.45, 7) is 4.58. The van der Waals surface area contributed by atoms with Gasteiger partial charge in [-0.15, -0.1) is 0 Å². The number of aromatic nitrogens is 7. The lowest BCUT2D eigenvalue weighted by Crippen LogP contribution is -2.45. The number of hydrogen-bond donors (Lipinski definition) is 2. The summed E-state index contributed by atoms with van der Waals surface area (Å²) in [5.74, 6) is 2.36. The standard InChI is InChI=1S/C21H24N10S/c1-13-14(2-5-24-17(13)23)32-15-10-26-20(30-9-6-25-18(15)30)29-7-3-21(4-8-29)11-31-19(16(21)22)27-12-28-31/h2,5-6,9-10,12,16H,3-4,7-8,11,22H2,1H3,(H2,23,24)/t16-/m1/s1. The van der Waals surface area contributed by atoms with Crippen LogP contribution in [0.3, 0.4) is 0 Å². The molecule has 32 heavy (non-hydrogen) atoms. The first-order valence-corrected chi connectivity index (χ1v) is 11.5. The second kappa shape index (κ2) is 7.17. The number of nitrogens with two attached hydrogens (primary N) is 2. The summed E-state index contributed by atoms with van der Waals surface area (Å²) >= 11 is 1.61. The predicted molar refractivity (Wildman–Crippen MR) is 121 cm³/mol. The number of nitrogen functional groups attached to an aromatic ring is 1. The number of rotatable bonds is 3. The molecule has 0 radical (unpaired) electrons. The number of anilines is 2. The van der Waals surface area contributed by atoms with E-state index < -0.39 is 0 Å².